The van der Waals surface area contributed by atoms with Gasteiger partial charge in [-0.2, -0.15) is 5.10 Å². The number of rotatable bonds is 4. The molecule has 1 aromatic heterocycles. The predicted molar refractivity (Wildman–Crippen MR) is 85.2 cm³/mol. The Hall–Kier alpha value is -1.85. The van der Waals surface area contributed by atoms with Gasteiger partial charge in [0.15, 0.2) is 0 Å². The Bertz CT molecular complexity index is 582. The van der Waals surface area contributed by atoms with Gasteiger partial charge >= 0.3 is 5.97 Å². The summed E-state index contributed by atoms with van der Waals surface area (Å²) in [6, 6.07) is 0.188. The standard InChI is InChI=1S/C17H25N3O3/c1-2-17(7-3-4-8-17)16(23)19-9-5-14(6-10-19)20-12-13(11-18-20)15(21)22/h11-12,14H,2-10H2,1H3,(H,21,22). The van der Waals surface area contributed by atoms with Gasteiger partial charge in [-0.1, -0.05) is 19.8 Å². The fourth-order valence-corrected chi connectivity index (χ4v) is 4.09. The molecule has 126 valence electrons. The smallest absolute Gasteiger partial charge is 0.338 e. The first-order valence-corrected chi connectivity index (χ1v) is 8.62. The number of carboxylic acids is 1. The number of carboxylic acid groups (broad SMARTS) is 1. The zero-order chi connectivity index (χ0) is 16.4. The quantitative estimate of drug-likeness (QED) is 0.926. The van der Waals surface area contributed by atoms with Crippen molar-refractivity contribution in [2.24, 2.45) is 5.41 Å². The number of piperidine rings is 1. The summed E-state index contributed by atoms with van der Waals surface area (Å²) in [6.45, 7) is 3.62. The van der Waals surface area contributed by atoms with Crippen molar-refractivity contribution in [3.05, 3.63) is 18.0 Å². The number of amides is 1. The average molecular weight is 319 g/mol. The van der Waals surface area contributed by atoms with Crippen LogP contribution in [-0.2, 0) is 4.79 Å². The van der Waals surface area contributed by atoms with Crippen LogP contribution in [-0.4, -0.2) is 44.8 Å². The van der Waals surface area contributed by atoms with Gasteiger partial charge in [0.25, 0.3) is 0 Å². The van der Waals surface area contributed by atoms with Crippen LogP contribution in [0.2, 0.25) is 0 Å². The van der Waals surface area contributed by atoms with Gasteiger partial charge in [-0.25, -0.2) is 4.79 Å². The molecule has 0 unspecified atom stereocenters. The summed E-state index contributed by atoms with van der Waals surface area (Å²) in [5, 5.41) is 13.2. The number of carbonyl (C=O) groups excluding carboxylic acids is 1. The maximum absolute atomic E-state index is 12.9. The average Bonchev–Trinajstić information content (AvgIpc) is 3.24. The van der Waals surface area contributed by atoms with Crippen molar-refractivity contribution in [1.29, 1.82) is 0 Å². The Morgan fingerprint density at radius 3 is 2.48 bits per heavy atom. The summed E-state index contributed by atoms with van der Waals surface area (Å²) in [7, 11) is 0. The molecule has 6 nitrogen and oxygen atoms in total. The summed E-state index contributed by atoms with van der Waals surface area (Å²) in [5.41, 5.74) is 0.106. The summed E-state index contributed by atoms with van der Waals surface area (Å²) < 4.78 is 1.75. The lowest BCUT2D eigenvalue weighted by atomic mass is 9.81. The number of hydrogen-bond donors (Lipinski definition) is 1. The second kappa shape index (κ2) is 6.34. The monoisotopic (exact) mass is 319 g/mol. The summed E-state index contributed by atoms with van der Waals surface area (Å²) in [5.74, 6) is -0.613. The second-order valence-electron chi connectivity index (χ2n) is 6.88. The van der Waals surface area contributed by atoms with E-state index in [-0.39, 0.29) is 17.0 Å². The molecule has 1 aliphatic carbocycles. The Kier molecular flexibility index (Phi) is 4.41. The van der Waals surface area contributed by atoms with E-state index in [0.29, 0.717) is 5.91 Å². The van der Waals surface area contributed by atoms with Gasteiger partial charge in [0.1, 0.15) is 0 Å². The van der Waals surface area contributed by atoms with Crippen LogP contribution in [0, 0.1) is 5.41 Å². The number of carbonyl (C=O) groups is 2. The summed E-state index contributed by atoms with van der Waals surface area (Å²) in [4.78, 5) is 25.9. The minimum Gasteiger partial charge on any atom is -0.478 e. The molecule has 23 heavy (non-hydrogen) atoms. The van der Waals surface area contributed by atoms with Crippen LogP contribution in [0.3, 0.4) is 0 Å². The third-order valence-electron chi connectivity index (χ3n) is 5.67. The fourth-order valence-electron chi connectivity index (χ4n) is 4.09. The molecule has 2 heterocycles. The van der Waals surface area contributed by atoms with E-state index in [2.05, 4.69) is 12.0 Å². The molecular formula is C17H25N3O3. The molecule has 1 aliphatic heterocycles. The van der Waals surface area contributed by atoms with Crippen LogP contribution in [0.4, 0.5) is 0 Å². The highest BCUT2D eigenvalue weighted by Gasteiger charge is 2.42. The van der Waals surface area contributed by atoms with E-state index < -0.39 is 5.97 Å². The molecular weight excluding hydrogens is 294 g/mol. The Labute approximate surface area is 136 Å². The summed E-state index contributed by atoms with van der Waals surface area (Å²) in [6.07, 6.45) is 10.0. The van der Waals surface area contributed by atoms with Crippen LogP contribution in [0.5, 0.6) is 0 Å². The molecule has 1 saturated carbocycles. The van der Waals surface area contributed by atoms with E-state index in [4.69, 9.17) is 5.11 Å². The lowest BCUT2D eigenvalue weighted by Crippen LogP contribution is -2.46. The van der Waals surface area contributed by atoms with E-state index >= 15 is 0 Å². The largest absolute Gasteiger partial charge is 0.478 e. The molecule has 0 aromatic carbocycles. The van der Waals surface area contributed by atoms with Gasteiger partial charge in [0.05, 0.1) is 17.8 Å². The van der Waals surface area contributed by atoms with E-state index in [9.17, 15) is 9.59 Å². The molecule has 6 heteroatoms. The van der Waals surface area contributed by atoms with E-state index in [1.807, 2.05) is 4.90 Å². The molecule has 0 bridgehead atoms. The highest BCUT2D eigenvalue weighted by atomic mass is 16.4. The Morgan fingerprint density at radius 1 is 1.30 bits per heavy atom. The van der Waals surface area contributed by atoms with Crippen LogP contribution in [0.25, 0.3) is 0 Å². The van der Waals surface area contributed by atoms with Crippen LogP contribution >= 0.6 is 0 Å². The lowest BCUT2D eigenvalue weighted by Gasteiger charge is -2.38. The van der Waals surface area contributed by atoms with Gasteiger partial charge < -0.3 is 10.0 Å². The van der Waals surface area contributed by atoms with Crippen molar-refractivity contribution in [1.82, 2.24) is 14.7 Å². The molecule has 1 aromatic rings. The van der Waals surface area contributed by atoms with Crippen molar-refractivity contribution >= 4 is 11.9 Å². The topological polar surface area (TPSA) is 75.4 Å². The third kappa shape index (κ3) is 2.99. The molecule has 0 radical (unpaired) electrons. The maximum atomic E-state index is 12.9. The minimum atomic E-state index is -0.949. The normalized spacial score (nSPS) is 21.5. The first kappa shape index (κ1) is 16.0. The van der Waals surface area contributed by atoms with Gasteiger partial charge in [-0.3, -0.25) is 9.48 Å². The number of likely N-dealkylation sites (tertiary alicyclic amines) is 1. The maximum Gasteiger partial charge on any atom is 0.338 e. The molecule has 1 N–H and O–H groups in total. The van der Waals surface area contributed by atoms with E-state index in [0.717, 1.165) is 45.2 Å². The first-order valence-electron chi connectivity index (χ1n) is 8.62. The Balaban J connectivity index is 1.61. The summed E-state index contributed by atoms with van der Waals surface area (Å²) >= 11 is 0. The van der Waals surface area contributed by atoms with Gasteiger partial charge in [0.2, 0.25) is 5.91 Å². The van der Waals surface area contributed by atoms with Gasteiger partial charge in [-0.15, -0.1) is 0 Å². The molecule has 3 rings (SSSR count). The highest BCUT2D eigenvalue weighted by molar-refractivity contribution is 5.86. The fraction of sp³-hybridized carbons (Fsp3) is 0.706. The number of nitrogens with zero attached hydrogens (tertiary/aromatic N) is 3. The molecule has 0 spiro atoms. The van der Waals surface area contributed by atoms with Crippen molar-refractivity contribution in [2.45, 2.75) is 57.9 Å². The SMILES string of the molecule is CCC1(C(=O)N2CCC(n3cc(C(=O)O)cn3)CC2)CCCC1. The Morgan fingerprint density at radius 2 is 1.96 bits per heavy atom. The lowest BCUT2D eigenvalue weighted by molar-refractivity contribution is -0.143. The van der Waals surface area contributed by atoms with Crippen LogP contribution in [0.1, 0.15) is 68.3 Å². The number of aromatic nitrogens is 2. The zero-order valence-electron chi connectivity index (χ0n) is 13.7. The third-order valence-corrected chi connectivity index (χ3v) is 5.67. The van der Waals surface area contributed by atoms with Crippen molar-refractivity contribution in [3.8, 4) is 0 Å². The molecule has 2 aliphatic rings. The number of aromatic carboxylic acids is 1. The molecule has 1 saturated heterocycles. The van der Waals surface area contributed by atoms with Crippen molar-refractivity contribution in [3.63, 3.8) is 0 Å². The molecule has 0 atom stereocenters. The number of hydrogen-bond acceptors (Lipinski definition) is 3. The van der Waals surface area contributed by atoms with Crippen molar-refractivity contribution < 1.29 is 14.7 Å². The highest BCUT2D eigenvalue weighted by Crippen LogP contribution is 2.43. The van der Waals surface area contributed by atoms with E-state index in [1.165, 1.54) is 19.0 Å². The molecule has 2 fully saturated rings. The minimum absolute atomic E-state index is 0.116. The van der Waals surface area contributed by atoms with E-state index in [1.54, 1.807) is 10.9 Å². The van der Waals surface area contributed by atoms with Gasteiger partial charge in [0, 0.05) is 24.7 Å². The first-order chi connectivity index (χ1) is 11.1. The zero-order valence-corrected chi connectivity index (χ0v) is 13.7. The van der Waals surface area contributed by atoms with Crippen molar-refractivity contribution in [2.75, 3.05) is 13.1 Å². The molecule has 1 amide bonds. The second-order valence-corrected chi connectivity index (χ2v) is 6.88. The van der Waals surface area contributed by atoms with Crippen LogP contribution < -0.4 is 0 Å². The predicted octanol–water partition coefficient (Wildman–Crippen LogP) is 2.72. The van der Waals surface area contributed by atoms with Crippen LogP contribution in [0.15, 0.2) is 12.4 Å². The van der Waals surface area contributed by atoms with Gasteiger partial charge in [-0.05, 0) is 32.1 Å².